The van der Waals surface area contributed by atoms with E-state index in [0.717, 1.165) is 52.2 Å². The van der Waals surface area contributed by atoms with Gasteiger partial charge in [-0.2, -0.15) is 5.26 Å². The summed E-state index contributed by atoms with van der Waals surface area (Å²) in [6.07, 6.45) is 4.45. The van der Waals surface area contributed by atoms with Crippen LogP contribution in [0, 0.1) is 39.0 Å². The van der Waals surface area contributed by atoms with Crippen molar-refractivity contribution >= 4 is 45.0 Å². The fourth-order valence-electron chi connectivity index (χ4n) is 4.70. The summed E-state index contributed by atoms with van der Waals surface area (Å²) in [5, 5.41) is 14.0. The van der Waals surface area contributed by atoms with E-state index in [4.69, 9.17) is 4.98 Å². The van der Waals surface area contributed by atoms with Gasteiger partial charge >= 0.3 is 0 Å². The van der Waals surface area contributed by atoms with E-state index in [9.17, 15) is 14.9 Å². The molecular weight excluding hydrogens is 454 g/mol. The van der Waals surface area contributed by atoms with Crippen molar-refractivity contribution in [1.29, 1.82) is 5.26 Å². The molecule has 0 atom stereocenters. The number of amides is 1. The maximum absolute atomic E-state index is 13.0. The zero-order valence-corrected chi connectivity index (χ0v) is 21.4. The number of nitriles is 1. The topological polar surface area (TPSA) is 92.7 Å². The van der Waals surface area contributed by atoms with Gasteiger partial charge in [-0.15, -0.1) is 11.3 Å². The lowest BCUT2D eigenvalue weighted by atomic mass is 10.2. The van der Waals surface area contributed by atoms with Crippen LogP contribution in [0.2, 0.25) is 0 Å². The van der Waals surface area contributed by atoms with E-state index in [1.165, 1.54) is 23.1 Å². The number of aryl methyl sites for hydroxylation is 2. The van der Waals surface area contributed by atoms with E-state index in [-0.39, 0.29) is 17.2 Å². The molecule has 174 valence electrons. The molecule has 4 rings (SSSR count). The Balaban J connectivity index is 1.60. The molecule has 1 amide bonds. The van der Waals surface area contributed by atoms with Crippen LogP contribution < -0.4 is 10.9 Å². The minimum Gasteiger partial charge on any atom is -0.327 e. The van der Waals surface area contributed by atoms with E-state index in [1.54, 1.807) is 4.57 Å². The van der Waals surface area contributed by atoms with Crippen molar-refractivity contribution in [2.24, 2.45) is 0 Å². The first-order chi connectivity index (χ1) is 15.8. The number of thiophene rings is 1. The summed E-state index contributed by atoms with van der Waals surface area (Å²) >= 11 is 2.77. The summed E-state index contributed by atoms with van der Waals surface area (Å²) in [6, 6.07) is 2.60. The van der Waals surface area contributed by atoms with Crippen molar-refractivity contribution in [1.82, 2.24) is 14.1 Å². The van der Waals surface area contributed by atoms with Gasteiger partial charge in [0.25, 0.3) is 5.56 Å². The Morgan fingerprint density at radius 2 is 1.94 bits per heavy atom. The molecule has 0 spiro atoms. The third-order valence-corrected chi connectivity index (χ3v) is 8.80. The molecule has 0 radical (unpaired) electrons. The number of fused-ring (bicyclic) bond motifs is 1. The summed E-state index contributed by atoms with van der Waals surface area (Å²) < 4.78 is 3.78. The second-order valence-electron chi connectivity index (χ2n) is 8.60. The van der Waals surface area contributed by atoms with Crippen molar-refractivity contribution in [3.8, 4) is 6.07 Å². The molecule has 7 nitrogen and oxygen atoms in total. The molecule has 3 aromatic rings. The fraction of sp³-hybridized carbons (Fsp3) is 0.500. The Kier molecular flexibility index (Phi) is 6.68. The molecule has 1 aliphatic carbocycles. The van der Waals surface area contributed by atoms with Crippen LogP contribution in [0.15, 0.2) is 9.95 Å². The number of aromatic nitrogens is 3. The number of thioether (sulfide) groups is 1. The van der Waals surface area contributed by atoms with Crippen LogP contribution in [-0.4, -0.2) is 25.8 Å². The van der Waals surface area contributed by atoms with Gasteiger partial charge in [0.05, 0.1) is 16.7 Å². The Bertz CT molecular complexity index is 1340. The average Bonchev–Trinajstić information content (AvgIpc) is 3.46. The molecule has 0 bridgehead atoms. The molecule has 0 unspecified atom stereocenters. The molecule has 1 saturated carbocycles. The molecule has 0 aliphatic heterocycles. The first-order valence-corrected chi connectivity index (χ1v) is 13.1. The van der Waals surface area contributed by atoms with Gasteiger partial charge < -0.3 is 9.88 Å². The van der Waals surface area contributed by atoms with Gasteiger partial charge in [0.1, 0.15) is 16.7 Å². The number of nitrogens with one attached hydrogen (secondary N) is 1. The molecule has 9 heteroatoms. The highest BCUT2D eigenvalue weighted by Crippen LogP contribution is 2.38. The third kappa shape index (κ3) is 4.11. The number of carbonyl (C=O) groups excluding carboxylic acids is 1. The van der Waals surface area contributed by atoms with Gasteiger partial charge in [-0.05, 0) is 58.6 Å². The fourth-order valence-corrected chi connectivity index (χ4v) is 6.64. The van der Waals surface area contributed by atoms with Crippen molar-refractivity contribution in [2.45, 2.75) is 78.0 Å². The van der Waals surface area contributed by atoms with E-state index < -0.39 is 0 Å². The molecule has 3 aromatic heterocycles. The SMILES string of the molecule is CCn1c(SCC(=O)Nc2c(C#N)c(C)c(C)n2C2CCCC2)nc2sc(C)c(C)c2c1=O. The monoisotopic (exact) mass is 483 g/mol. The van der Waals surface area contributed by atoms with Crippen molar-refractivity contribution in [2.75, 3.05) is 11.1 Å². The number of anilines is 1. The second kappa shape index (κ2) is 9.35. The predicted octanol–water partition coefficient (Wildman–Crippen LogP) is 5.23. The zero-order valence-electron chi connectivity index (χ0n) is 19.7. The summed E-state index contributed by atoms with van der Waals surface area (Å²) in [4.78, 5) is 32.5. The van der Waals surface area contributed by atoms with Gasteiger partial charge in [0.2, 0.25) is 5.91 Å². The number of carbonyl (C=O) groups is 1. The van der Waals surface area contributed by atoms with E-state index in [1.807, 2.05) is 34.6 Å². The highest BCUT2D eigenvalue weighted by molar-refractivity contribution is 7.99. The zero-order chi connectivity index (χ0) is 23.9. The number of hydrogen-bond acceptors (Lipinski definition) is 6. The van der Waals surface area contributed by atoms with Gasteiger partial charge in [-0.1, -0.05) is 24.6 Å². The molecule has 3 heterocycles. The van der Waals surface area contributed by atoms with Crippen molar-refractivity contribution < 1.29 is 4.79 Å². The highest BCUT2D eigenvalue weighted by Gasteiger charge is 2.27. The third-order valence-electron chi connectivity index (χ3n) is 6.72. The number of rotatable bonds is 6. The van der Waals surface area contributed by atoms with E-state index >= 15 is 0 Å². The molecule has 1 fully saturated rings. The lowest BCUT2D eigenvalue weighted by molar-refractivity contribution is -0.113. The molecule has 0 aromatic carbocycles. The van der Waals surface area contributed by atoms with Crippen LogP contribution in [0.3, 0.4) is 0 Å². The van der Waals surface area contributed by atoms with Crippen LogP contribution in [0.4, 0.5) is 5.82 Å². The minimum absolute atomic E-state index is 0.0552. The van der Waals surface area contributed by atoms with Crippen LogP contribution in [-0.2, 0) is 11.3 Å². The van der Waals surface area contributed by atoms with Gasteiger partial charge in [-0.3, -0.25) is 14.2 Å². The molecule has 1 N–H and O–H groups in total. The first kappa shape index (κ1) is 23.6. The van der Waals surface area contributed by atoms with E-state index in [2.05, 4.69) is 16.0 Å². The summed E-state index contributed by atoms with van der Waals surface area (Å²) in [5.74, 6) is 0.509. The van der Waals surface area contributed by atoms with E-state index in [0.29, 0.717) is 34.5 Å². The predicted molar refractivity (Wildman–Crippen MR) is 135 cm³/mol. The first-order valence-electron chi connectivity index (χ1n) is 11.3. The number of nitrogens with zero attached hydrogens (tertiary/aromatic N) is 4. The summed E-state index contributed by atoms with van der Waals surface area (Å²) in [5.41, 5.74) is 3.42. The van der Waals surface area contributed by atoms with Crippen molar-refractivity contribution in [3.63, 3.8) is 0 Å². The highest BCUT2D eigenvalue weighted by atomic mass is 32.2. The Labute approximate surface area is 201 Å². The lowest BCUT2D eigenvalue weighted by Gasteiger charge is -2.19. The smallest absolute Gasteiger partial charge is 0.263 e. The Hall–Kier alpha value is -2.57. The van der Waals surface area contributed by atoms with Gasteiger partial charge in [0.15, 0.2) is 5.16 Å². The molecule has 33 heavy (non-hydrogen) atoms. The standard InChI is InChI=1S/C24H29N5O2S2/c1-6-28-23(31)20-14(3)16(5)33-22(20)27-24(28)32-12-19(30)26-21-18(11-25)13(2)15(4)29(21)17-9-7-8-10-17/h17H,6-10,12H2,1-5H3,(H,26,30). The second-order valence-corrected chi connectivity index (χ2v) is 10.7. The molecular formula is C24H29N5O2S2. The van der Waals surface area contributed by atoms with Crippen LogP contribution >= 0.6 is 23.1 Å². The van der Waals surface area contributed by atoms with Crippen LogP contribution in [0.1, 0.15) is 65.9 Å². The Morgan fingerprint density at radius 3 is 2.58 bits per heavy atom. The Morgan fingerprint density at radius 1 is 1.24 bits per heavy atom. The molecule has 0 saturated heterocycles. The normalized spacial score (nSPS) is 14.2. The van der Waals surface area contributed by atoms with Crippen molar-refractivity contribution in [3.05, 3.63) is 37.6 Å². The number of hydrogen-bond donors (Lipinski definition) is 1. The van der Waals surface area contributed by atoms with Crippen LogP contribution in [0.5, 0.6) is 0 Å². The van der Waals surface area contributed by atoms with Gasteiger partial charge in [0, 0.05) is 23.2 Å². The molecule has 1 aliphatic rings. The maximum atomic E-state index is 13.0. The quantitative estimate of drug-likeness (QED) is 0.383. The summed E-state index contributed by atoms with van der Waals surface area (Å²) in [6.45, 7) is 10.3. The van der Waals surface area contributed by atoms with Crippen LogP contribution in [0.25, 0.3) is 10.2 Å². The van der Waals surface area contributed by atoms with Gasteiger partial charge in [-0.25, -0.2) is 4.98 Å². The minimum atomic E-state index is -0.205. The average molecular weight is 484 g/mol. The lowest BCUT2D eigenvalue weighted by Crippen LogP contribution is -2.24. The maximum Gasteiger partial charge on any atom is 0.263 e. The largest absolute Gasteiger partial charge is 0.327 e. The summed E-state index contributed by atoms with van der Waals surface area (Å²) in [7, 11) is 0.